The van der Waals surface area contributed by atoms with E-state index in [1.165, 1.54) is 17.5 Å². The second-order valence-electron chi connectivity index (χ2n) is 6.82. The highest BCUT2D eigenvalue weighted by atomic mass is 16.2. The van der Waals surface area contributed by atoms with Crippen LogP contribution in [0.3, 0.4) is 0 Å². The van der Waals surface area contributed by atoms with E-state index in [0.29, 0.717) is 30.2 Å². The van der Waals surface area contributed by atoms with Crippen LogP contribution in [0.5, 0.6) is 0 Å². The van der Waals surface area contributed by atoms with Gasteiger partial charge in [-0.05, 0) is 55.6 Å². The smallest absolute Gasteiger partial charge is 0.222 e. The highest BCUT2D eigenvalue weighted by Gasteiger charge is 2.38. The van der Waals surface area contributed by atoms with E-state index in [9.17, 15) is 4.79 Å². The first-order chi connectivity index (χ1) is 10.1. The number of nitrogens with zero attached hydrogens (tertiary/aromatic N) is 1. The molecule has 1 amide bonds. The Balaban J connectivity index is 1.54. The molecular formula is C18H26N2O. The van der Waals surface area contributed by atoms with Gasteiger partial charge >= 0.3 is 0 Å². The Morgan fingerprint density at radius 2 is 2.00 bits per heavy atom. The lowest BCUT2D eigenvalue weighted by Gasteiger charge is -2.27. The molecule has 0 radical (unpaired) electrons. The van der Waals surface area contributed by atoms with Gasteiger partial charge in [0, 0.05) is 25.6 Å². The highest BCUT2D eigenvalue weighted by molar-refractivity contribution is 5.76. The standard InChI is InChI=1S/C18H26N2O/c1-13-4-2-3-5-14(13)7-9-18(21)20-11-15-6-8-17(19)10-16(15)12-20/h2-5,15-17H,6-12,19H2,1H3/t15-,16+,17?/m1/s1. The first kappa shape index (κ1) is 14.6. The average Bonchev–Trinajstić information content (AvgIpc) is 2.89. The Bertz CT molecular complexity index is 514. The largest absolute Gasteiger partial charge is 0.342 e. The number of likely N-dealkylation sites (tertiary alicyclic amines) is 1. The molecule has 0 spiro atoms. The summed E-state index contributed by atoms with van der Waals surface area (Å²) in [5, 5.41) is 0. The Hall–Kier alpha value is -1.35. The van der Waals surface area contributed by atoms with E-state index >= 15 is 0 Å². The number of benzene rings is 1. The molecule has 1 saturated heterocycles. The fraction of sp³-hybridized carbons (Fsp3) is 0.611. The molecule has 0 aromatic heterocycles. The van der Waals surface area contributed by atoms with Crippen molar-refractivity contribution in [1.29, 1.82) is 0 Å². The zero-order valence-corrected chi connectivity index (χ0v) is 12.9. The number of aryl methyl sites for hydroxylation is 2. The number of carbonyl (C=O) groups is 1. The molecule has 1 saturated carbocycles. The van der Waals surface area contributed by atoms with Crippen LogP contribution < -0.4 is 5.73 Å². The molecule has 3 rings (SSSR count). The SMILES string of the molecule is Cc1ccccc1CCC(=O)N1C[C@H]2CCC(N)C[C@H]2C1. The molecule has 3 atom stereocenters. The number of rotatable bonds is 3. The van der Waals surface area contributed by atoms with Gasteiger partial charge in [0.25, 0.3) is 0 Å². The van der Waals surface area contributed by atoms with Gasteiger partial charge in [0.05, 0.1) is 0 Å². The second kappa shape index (κ2) is 6.18. The highest BCUT2D eigenvalue weighted by Crippen LogP contribution is 2.35. The number of fused-ring (bicyclic) bond motifs is 1. The van der Waals surface area contributed by atoms with Gasteiger partial charge in [-0.15, -0.1) is 0 Å². The van der Waals surface area contributed by atoms with Gasteiger partial charge in [0.2, 0.25) is 5.91 Å². The number of hydrogen-bond acceptors (Lipinski definition) is 2. The molecule has 1 unspecified atom stereocenters. The topological polar surface area (TPSA) is 46.3 Å². The first-order valence-electron chi connectivity index (χ1n) is 8.21. The quantitative estimate of drug-likeness (QED) is 0.928. The van der Waals surface area contributed by atoms with E-state index in [-0.39, 0.29) is 0 Å². The molecule has 2 aliphatic rings. The molecule has 21 heavy (non-hydrogen) atoms. The zero-order chi connectivity index (χ0) is 14.8. The van der Waals surface area contributed by atoms with E-state index < -0.39 is 0 Å². The van der Waals surface area contributed by atoms with Crippen molar-refractivity contribution < 1.29 is 4.79 Å². The molecule has 2 N–H and O–H groups in total. The van der Waals surface area contributed by atoms with E-state index in [2.05, 4.69) is 36.1 Å². The molecule has 3 nitrogen and oxygen atoms in total. The minimum Gasteiger partial charge on any atom is -0.342 e. The van der Waals surface area contributed by atoms with Gasteiger partial charge in [0.1, 0.15) is 0 Å². The van der Waals surface area contributed by atoms with Crippen molar-refractivity contribution >= 4 is 5.91 Å². The molecule has 2 fully saturated rings. The minimum absolute atomic E-state index is 0.321. The first-order valence-corrected chi connectivity index (χ1v) is 8.21. The number of nitrogens with two attached hydrogens (primary N) is 1. The van der Waals surface area contributed by atoms with Crippen molar-refractivity contribution in [3.63, 3.8) is 0 Å². The summed E-state index contributed by atoms with van der Waals surface area (Å²) < 4.78 is 0. The number of hydrogen-bond donors (Lipinski definition) is 1. The van der Waals surface area contributed by atoms with Gasteiger partial charge in [-0.3, -0.25) is 4.79 Å². The van der Waals surface area contributed by atoms with E-state index in [1.807, 2.05) is 0 Å². The van der Waals surface area contributed by atoms with Gasteiger partial charge in [0.15, 0.2) is 0 Å². The van der Waals surface area contributed by atoms with Crippen molar-refractivity contribution in [3.05, 3.63) is 35.4 Å². The number of carbonyl (C=O) groups excluding carboxylic acids is 1. The summed E-state index contributed by atoms with van der Waals surface area (Å²) in [6.45, 7) is 4.01. The van der Waals surface area contributed by atoms with Crippen LogP contribution in [0.15, 0.2) is 24.3 Å². The van der Waals surface area contributed by atoms with Gasteiger partial charge in [-0.25, -0.2) is 0 Å². The Kier molecular flexibility index (Phi) is 4.29. The maximum Gasteiger partial charge on any atom is 0.222 e. The monoisotopic (exact) mass is 286 g/mol. The molecule has 1 aromatic rings. The molecule has 1 aliphatic heterocycles. The minimum atomic E-state index is 0.321. The van der Waals surface area contributed by atoms with Crippen LogP contribution in [-0.4, -0.2) is 29.9 Å². The third-order valence-electron chi connectivity index (χ3n) is 5.31. The van der Waals surface area contributed by atoms with Crippen LogP contribution in [0, 0.1) is 18.8 Å². The van der Waals surface area contributed by atoms with E-state index in [4.69, 9.17) is 5.73 Å². The van der Waals surface area contributed by atoms with Gasteiger partial charge in [-0.1, -0.05) is 24.3 Å². The summed E-state index contributed by atoms with van der Waals surface area (Å²) in [7, 11) is 0. The van der Waals surface area contributed by atoms with Crippen LogP contribution in [0.4, 0.5) is 0 Å². The van der Waals surface area contributed by atoms with Gasteiger partial charge < -0.3 is 10.6 Å². The van der Waals surface area contributed by atoms with E-state index in [1.54, 1.807) is 0 Å². The number of amides is 1. The molecule has 1 heterocycles. The summed E-state index contributed by atoms with van der Waals surface area (Å²) in [4.78, 5) is 14.5. The normalized spacial score (nSPS) is 28.5. The average molecular weight is 286 g/mol. The third-order valence-corrected chi connectivity index (χ3v) is 5.31. The summed E-state index contributed by atoms with van der Waals surface area (Å²) in [6.07, 6.45) is 4.93. The van der Waals surface area contributed by atoms with Crippen molar-refractivity contribution in [2.24, 2.45) is 17.6 Å². The lowest BCUT2D eigenvalue weighted by molar-refractivity contribution is -0.130. The zero-order valence-electron chi connectivity index (χ0n) is 12.9. The predicted molar refractivity (Wildman–Crippen MR) is 84.9 cm³/mol. The summed E-state index contributed by atoms with van der Waals surface area (Å²) in [5.74, 6) is 1.67. The van der Waals surface area contributed by atoms with Crippen LogP contribution in [0.25, 0.3) is 0 Å². The predicted octanol–water partition coefficient (Wildman–Crippen LogP) is 2.51. The van der Waals surface area contributed by atoms with Crippen LogP contribution in [-0.2, 0) is 11.2 Å². The summed E-state index contributed by atoms with van der Waals surface area (Å²) >= 11 is 0. The molecule has 3 heteroatoms. The lowest BCUT2D eigenvalue weighted by Crippen LogP contribution is -2.32. The van der Waals surface area contributed by atoms with Crippen molar-refractivity contribution in [2.75, 3.05) is 13.1 Å². The van der Waals surface area contributed by atoms with Crippen LogP contribution in [0.2, 0.25) is 0 Å². The fourth-order valence-corrected chi connectivity index (χ4v) is 3.96. The lowest BCUT2D eigenvalue weighted by atomic mass is 9.79. The molecule has 1 aliphatic carbocycles. The molecular weight excluding hydrogens is 260 g/mol. The van der Waals surface area contributed by atoms with E-state index in [0.717, 1.165) is 32.4 Å². The van der Waals surface area contributed by atoms with Crippen LogP contribution >= 0.6 is 0 Å². The second-order valence-corrected chi connectivity index (χ2v) is 6.82. The fourth-order valence-electron chi connectivity index (χ4n) is 3.96. The molecule has 0 bridgehead atoms. The molecule has 1 aromatic carbocycles. The Labute approximate surface area is 127 Å². The van der Waals surface area contributed by atoms with Crippen molar-refractivity contribution in [3.8, 4) is 0 Å². The maximum absolute atomic E-state index is 12.4. The molecule has 114 valence electrons. The summed E-state index contributed by atoms with van der Waals surface area (Å²) in [6, 6.07) is 8.71. The Morgan fingerprint density at radius 3 is 2.81 bits per heavy atom. The Morgan fingerprint density at radius 1 is 1.24 bits per heavy atom. The summed E-state index contributed by atoms with van der Waals surface area (Å²) in [5.41, 5.74) is 8.64. The third kappa shape index (κ3) is 3.29. The maximum atomic E-state index is 12.4. The van der Waals surface area contributed by atoms with Crippen molar-refractivity contribution in [1.82, 2.24) is 4.90 Å². The van der Waals surface area contributed by atoms with Crippen molar-refractivity contribution in [2.45, 2.75) is 45.1 Å². The van der Waals surface area contributed by atoms with Gasteiger partial charge in [-0.2, -0.15) is 0 Å². The van der Waals surface area contributed by atoms with Crippen LogP contribution in [0.1, 0.15) is 36.8 Å².